The van der Waals surface area contributed by atoms with Gasteiger partial charge in [0.1, 0.15) is 24.0 Å². The number of nitrogens with zero attached hydrogens (tertiary/aromatic N) is 4. The van der Waals surface area contributed by atoms with E-state index in [9.17, 15) is 9.18 Å². The highest BCUT2D eigenvalue weighted by Gasteiger charge is 2.19. The molecule has 0 unspecified atom stereocenters. The first-order valence-corrected chi connectivity index (χ1v) is 8.94. The topological polar surface area (TPSA) is 97.1 Å². The summed E-state index contributed by atoms with van der Waals surface area (Å²) in [6.45, 7) is 0.267. The predicted octanol–water partition coefficient (Wildman–Crippen LogP) is 3.59. The molecule has 8 nitrogen and oxygen atoms in total. The maximum Gasteiger partial charge on any atom is 0.276 e. The normalized spacial score (nSPS) is 11.0. The molecule has 0 radical (unpaired) electrons. The Bertz CT molecular complexity index is 1180. The Morgan fingerprint density at radius 1 is 1.31 bits per heavy atom. The van der Waals surface area contributed by atoms with Gasteiger partial charge < -0.3 is 19.1 Å². The molecule has 0 saturated heterocycles. The molecule has 0 aliphatic rings. The Labute approximate surface area is 169 Å². The number of carbonyl (C=O) groups is 1. The smallest absolute Gasteiger partial charge is 0.276 e. The maximum absolute atomic E-state index is 13.3. The van der Waals surface area contributed by atoms with E-state index in [-0.39, 0.29) is 30.6 Å². The summed E-state index contributed by atoms with van der Waals surface area (Å²) in [7, 11) is 1.61. The minimum Gasteiger partial charge on any atom is -0.484 e. The van der Waals surface area contributed by atoms with Crippen LogP contribution in [0.15, 0.2) is 47.2 Å². The number of ether oxygens (including phenoxy) is 1. The number of carbonyl (C=O) groups excluding carboxylic acids is 1. The third kappa shape index (κ3) is 4.35. The molecule has 0 spiro atoms. The van der Waals surface area contributed by atoms with Crippen LogP contribution in [0.2, 0.25) is 5.02 Å². The Hall–Kier alpha value is -3.46. The van der Waals surface area contributed by atoms with Gasteiger partial charge in [-0.3, -0.25) is 9.78 Å². The van der Waals surface area contributed by atoms with E-state index in [1.165, 1.54) is 35.5 Å². The summed E-state index contributed by atoms with van der Waals surface area (Å²) in [4.78, 5) is 25.3. The van der Waals surface area contributed by atoms with Crippen LogP contribution in [0.5, 0.6) is 5.75 Å². The molecule has 1 amide bonds. The number of rotatable bonds is 6. The quantitative estimate of drug-likeness (QED) is 0.517. The standard InChI is InChI=1S/C19H15ClFN5O3/c1-26(9-18-23-15-3-2-12(21)5-16(15)24-18)19(27)17-6-14(29-25-17)10-28-13-4-11(20)7-22-8-13/h2-8H,9-10H2,1H3,(H,23,24). The van der Waals surface area contributed by atoms with E-state index < -0.39 is 0 Å². The molecule has 10 heteroatoms. The molecule has 1 aromatic carbocycles. The van der Waals surface area contributed by atoms with Crippen molar-refractivity contribution in [3.8, 4) is 5.75 Å². The number of amides is 1. The summed E-state index contributed by atoms with van der Waals surface area (Å²) in [5.41, 5.74) is 1.33. The lowest BCUT2D eigenvalue weighted by Gasteiger charge is -2.13. The molecule has 1 N–H and O–H groups in total. The van der Waals surface area contributed by atoms with Gasteiger partial charge in [0, 0.05) is 25.4 Å². The van der Waals surface area contributed by atoms with E-state index >= 15 is 0 Å². The lowest BCUT2D eigenvalue weighted by molar-refractivity contribution is 0.0771. The van der Waals surface area contributed by atoms with Crippen LogP contribution in [0.4, 0.5) is 4.39 Å². The van der Waals surface area contributed by atoms with Gasteiger partial charge in [-0.2, -0.15) is 0 Å². The highest BCUT2D eigenvalue weighted by Crippen LogP contribution is 2.18. The number of imidazole rings is 1. The van der Waals surface area contributed by atoms with Gasteiger partial charge in [-0.05, 0) is 18.2 Å². The van der Waals surface area contributed by atoms with Crippen molar-refractivity contribution in [2.75, 3.05) is 7.05 Å². The molecule has 0 atom stereocenters. The van der Waals surface area contributed by atoms with E-state index in [0.29, 0.717) is 33.4 Å². The molecule has 3 aromatic heterocycles. The number of pyridine rings is 1. The average molecular weight is 416 g/mol. The van der Waals surface area contributed by atoms with Crippen molar-refractivity contribution in [2.24, 2.45) is 0 Å². The van der Waals surface area contributed by atoms with Crippen molar-refractivity contribution in [3.05, 3.63) is 70.8 Å². The lowest BCUT2D eigenvalue weighted by atomic mass is 10.3. The lowest BCUT2D eigenvalue weighted by Crippen LogP contribution is -2.27. The number of aromatic nitrogens is 4. The zero-order chi connectivity index (χ0) is 20.4. The molecular formula is C19H15ClFN5O3. The van der Waals surface area contributed by atoms with Gasteiger partial charge in [0.2, 0.25) is 0 Å². The third-order valence-electron chi connectivity index (χ3n) is 4.07. The highest BCUT2D eigenvalue weighted by atomic mass is 35.5. The number of nitrogens with one attached hydrogen (secondary N) is 1. The number of H-pyrrole nitrogens is 1. The van der Waals surface area contributed by atoms with Gasteiger partial charge in [-0.25, -0.2) is 9.37 Å². The minimum absolute atomic E-state index is 0.0706. The summed E-state index contributed by atoms with van der Waals surface area (Å²) in [6, 6.07) is 7.38. The number of hydrogen-bond acceptors (Lipinski definition) is 6. The second kappa shape index (κ2) is 7.88. The Morgan fingerprint density at radius 2 is 2.17 bits per heavy atom. The van der Waals surface area contributed by atoms with Crippen LogP contribution < -0.4 is 4.74 Å². The van der Waals surface area contributed by atoms with Crippen molar-refractivity contribution >= 4 is 28.5 Å². The van der Waals surface area contributed by atoms with Crippen LogP contribution in [-0.4, -0.2) is 38.0 Å². The summed E-state index contributed by atoms with van der Waals surface area (Å²) < 4.78 is 24.0. The molecule has 0 aliphatic heterocycles. The summed E-state index contributed by atoms with van der Waals surface area (Å²) in [5, 5.41) is 4.24. The number of halogens is 2. The van der Waals surface area contributed by atoms with E-state index in [1.54, 1.807) is 19.2 Å². The first-order valence-electron chi connectivity index (χ1n) is 8.56. The molecule has 148 valence electrons. The molecule has 0 aliphatic carbocycles. The third-order valence-corrected chi connectivity index (χ3v) is 4.27. The minimum atomic E-state index is -0.358. The average Bonchev–Trinajstić information content (AvgIpc) is 3.32. The molecule has 4 rings (SSSR count). The zero-order valence-corrected chi connectivity index (χ0v) is 16.0. The van der Waals surface area contributed by atoms with Crippen LogP contribution in [0.1, 0.15) is 22.1 Å². The van der Waals surface area contributed by atoms with Crippen molar-refractivity contribution < 1.29 is 18.4 Å². The van der Waals surface area contributed by atoms with Crippen molar-refractivity contribution in [2.45, 2.75) is 13.2 Å². The van der Waals surface area contributed by atoms with Crippen LogP contribution in [0, 0.1) is 5.82 Å². The van der Waals surface area contributed by atoms with E-state index in [1.807, 2.05) is 0 Å². The van der Waals surface area contributed by atoms with E-state index in [0.717, 1.165) is 0 Å². The molecule has 0 bridgehead atoms. The maximum atomic E-state index is 13.3. The molecule has 4 aromatic rings. The molecule has 3 heterocycles. The fraction of sp³-hybridized carbons (Fsp3) is 0.158. The molecule has 29 heavy (non-hydrogen) atoms. The second-order valence-corrected chi connectivity index (χ2v) is 6.75. The number of fused-ring (bicyclic) bond motifs is 1. The van der Waals surface area contributed by atoms with E-state index in [4.69, 9.17) is 20.9 Å². The van der Waals surface area contributed by atoms with E-state index in [2.05, 4.69) is 20.1 Å². The summed E-state index contributed by atoms with van der Waals surface area (Å²) in [6.07, 6.45) is 3.01. The van der Waals surface area contributed by atoms with Crippen molar-refractivity contribution in [3.63, 3.8) is 0 Å². The SMILES string of the molecule is CN(Cc1nc2ccc(F)cc2[nH]1)C(=O)c1cc(COc2cncc(Cl)c2)on1. The zero-order valence-electron chi connectivity index (χ0n) is 15.2. The number of hydrogen-bond donors (Lipinski definition) is 1. The molecular weight excluding hydrogens is 401 g/mol. The van der Waals surface area contributed by atoms with Crippen LogP contribution in [0.25, 0.3) is 11.0 Å². The van der Waals surface area contributed by atoms with Crippen molar-refractivity contribution in [1.82, 2.24) is 25.0 Å². The largest absolute Gasteiger partial charge is 0.484 e. The van der Waals surface area contributed by atoms with Crippen LogP contribution >= 0.6 is 11.6 Å². The number of aromatic amines is 1. The second-order valence-electron chi connectivity index (χ2n) is 6.31. The first kappa shape index (κ1) is 18.9. The predicted molar refractivity (Wildman–Crippen MR) is 102 cm³/mol. The Morgan fingerprint density at radius 3 is 3.00 bits per heavy atom. The van der Waals surface area contributed by atoms with Gasteiger partial charge in [0.05, 0.1) is 28.8 Å². The Balaban J connectivity index is 1.39. The first-order chi connectivity index (χ1) is 14.0. The summed E-state index contributed by atoms with van der Waals surface area (Å²) >= 11 is 5.85. The highest BCUT2D eigenvalue weighted by molar-refractivity contribution is 6.30. The molecule has 0 saturated carbocycles. The van der Waals surface area contributed by atoms with Gasteiger partial charge in [-0.1, -0.05) is 16.8 Å². The van der Waals surface area contributed by atoms with Gasteiger partial charge in [0.15, 0.2) is 11.5 Å². The fourth-order valence-corrected chi connectivity index (χ4v) is 2.87. The molecule has 0 fully saturated rings. The van der Waals surface area contributed by atoms with Crippen LogP contribution in [-0.2, 0) is 13.2 Å². The fourth-order valence-electron chi connectivity index (χ4n) is 2.71. The van der Waals surface area contributed by atoms with Crippen LogP contribution in [0.3, 0.4) is 0 Å². The monoisotopic (exact) mass is 415 g/mol. The van der Waals surface area contributed by atoms with Gasteiger partial charge in [-0.15, -0.1) is 0 Å². The van der Waals surface area contributed by atoms with Gasteiger partial charge >= 0.3 is 0 Å². The Kier molecular flexibility index (Phi) is 5.13. The van der Waals surface area contributed by atoms with Gasteiger partial charge in [0.25, 0.3) is 5.91 Å². The number of benzene rings is 1. The van der Waals surface area contributed by atoms with Crippen molar-refractivity contribution in [1.29, 1.82) is 0 Å². The summed E-state index contributed by atoms with van der Waals surface area (Å²) in [5.74, 6) is 0.669.